The average Bonchev–Trinajstić information content (AvgIpc) is 2.62. The molecule has 7 nitrogen and oxygen atoms in total. The lowest BCUT2D eigenvalue weighted by molar-refractivity contribution is -0.119. The second-order valence-electron chi connectivity index (χ2n) is 5.12. The molecule has 0 bridgehead atoms. The third-order valence-corrected chi connectivity index (χ3v) is 3.50. The highest BCUT2D eigenvalue weighted by molar-refractivity contribution is 6.31. The minimum atomic E-state index is -0.779. The fourth-order valence-corrected chi connectivity index (χ4v) is 2.25. The Labute approximate surface area is 155 Å². The molecule has 0 radical (unpaired) electrons. The zero-order valence-corrected chi connectivity index (χ0v) is 14.7. The van der Waals surface area contributed by atoms with Gasteiger partial charge >= 0.3 is 11.9 Å². The molecule has 1 amide bonds. The van der Waals surface area contributed by atoms with Crippen molar-refractivity contribution in [2.75, 3.05) is 24.3 Å². The van der Waals surface area contributed by atoms with E-state index in [4.69, 9.17) is 26.8 Å². The molecule has 0 saturated heterocycles. The summed E-state index contributed by atoms with van der Waals surface area (Å²) < 4.78 is 9.87. The van der Waals surface area contributed by atoms with Crippen molar-refractivity contribution in [1.82, 2.24) is 0 Å². The molecule has 0 saturated carbocycles. The van der Waals surface area contributed by atoms with Gasteiger partial charge in [0, 0.05) is 10.7 Å². The number of anilines is 2. The van der Waals surface area contributed by atoms with Gasteiger partial charge in [0.15, 0.2) is 6.61 Å². The summed E-state index contributed by atoms with van der Waals surface area (Å²) >= 11 is 5.82. The highest BCUT2D eigenvalue weighted by Gasteiger charge is 2.16. The number of benzene rings is 2. The number of nitrogen functional groups attached to an aromatic ring is 1. The van der Waals surface area contributed by atoms with E-state index in [1.54, 1.807) is 25.1 Å². The van der Waals surface area contributed by atoms with Crippen LogP contribution in [0.15, 0.2) is 42.5 Å². The first-order valence-electron chi connectivity index (χ1n) is 7.70. The summed E-state index contributed by atoms with van der Waals surface area (Å²) in [5.74, 6) is -1.96. The van der Waals surface area contributed by atoms with Gasteiger partial charge in [0.05, 0.1) is 23.4 Å². The number of nitrogens with one attached hydrogen (secondary N) is 1. The number of esters is 2. The Kier molecular flexibility index (Phi) is 6.57. The summed E-state index contributed by atoms with van der Waals surface area (Å²) in [4.78, 5) is 35.9. The van der Waals surface area contributed by atoms with Crippen LogP contribution in [0.25, 0.3) is 0 Å². The molecule has 0 spiro atoms. The molecule has 0 heterocycles. The molecule has 0 fully saturated rings. The largest absolute Gasteiger partial charge is 0.462 e. The molecule has 0 atom stereocenters. The smallest absolute Gasteiger partial charge is 0.340 e. The number of halogens is 1. The van der Waals surface area contributed by atoms with Crippen molar-refractivity contribution < 1.29 is 23.9 Å². The summed E-state index contributed by atoms with van der Waals surface area (Å²) in [5, 5.41) is 2.83. The van der Waals surface area contributed by atoms with E-state index < -0.39 is 24.5 Å². The van der Waals surface area contributed by atoms with Gasteiger partial charge in [-0.25, -0.2) is 9.59 Å². The first kappa shape index (κ1) is 19.3. The van der Waals surface area contributed by atoms with Crippen molar-refractivity contribution in [2.45, 2.75) is 6.92 Å². The van der Waals surface area contributed by atoms with Crippen molar-refractivity contribution in [3.05, 3.63) is 58.6 Å². The van der Waals surface area contributed by atoms with Gasteiger partial charge in [-0.1, -0.05) is 23.7 Å². The van der Waals surface area contributed by atoms with Gasteiger partial charge in [-0.3, -0.25) is 4.79 Å². The first-order chi connectivity index (χ1) is 12.4. The van der Waals surface area contributed by atoms with Crippen molar-refractivity contribution in [3.63, 3.8) is 0 Å². The van der Waals surface area contributed by atoms with E-state index in [0.29, 0.717) is 5.02 Å². The molecular formula is C18H17ClN2O5. The highest BCUT2D eigenvalue weighted by Crippen LogP contribution is 2.19. The molecule has 0 aromatic heterocycles. The fraction of sp³-hybridized carbons (Fsp3) is 0.167. The zero-order chi connectivity index (χ0) is 19.1. The number of carbonyl (C=O) groups is 3. The number of hydrogen-bond acceptors (Lipinski definition) is 6. The molecule has 2 aromatic rings. The van der Waals surface area contributed by atoms with E-state index in [1.165, 1.54) is 24.3 Å². The van der Waals surface area contributed by atoms with Gasteiger partial charge < -0.3 is 20.5 Å². The van der Waals surface area contributed by atoms with Gasteiger partial charge in [-0.05, 0) is 37.3 Å². The predicted molar refractivity (Wildman–Crippen MR) is 97.2 cm³/mol. The Morgan fingerprint density at radius 3 is 2.46 bits per heavy atom. The molecule has 0 aliphatic rings. The maximum atomic E-state index is 12.0. The maximum absolute atomic E-state index is 12.0. The lowest BCUT2D eigenvalue weighted by atomic mass is 10.2. The van der Waals surface area contributed by atoms with Crippen LogP contribution in [0.4, 0.5) is 11.4 Å². The van der Waals surface area contributed by atoms with E-state index in [-0.39, 0.29) is 29.1 Å². The Hall–Kier alpha value is -3.06. The average molecular weight is 377 g/mol. The molecule has 2 rings (SSSR count). The monoisotopic (exact) mass is 376 g/mol. The molecule has 26 heavy (non-hydrogen) atoms. The van der Waals surface area contributed by atoms with E-state index in [0.717, 1.165) is 0 Å². The van der Waals surface area contributed by atoms with Crippen LogP contribution in [0.2, 0.25) is 5.02 Å². The first-order valence-corrected chi connectivity index (χ1v) is 8.08. The predicted octanol–water partition coefficient (Wildman–Crippen LogP) is 2.89. The number of ether oxygens (including phenoxy) is 2. The van der Waals surface area contributed by atoms with Crippen LogP contribution in [0.5, 0.6) is 0 Å². The molecule has 0 aliphatic heterocycles. The molecule has 2 aromatic carbocycles. The Balaban J connectivity index is 2.00. The third kappa shape index (κ3) is 4.97. The lowest BCUT2D eigenvalue weighted by Gasteiger charge is -2.11. The van der Waals surface area contributed by atoms with Crippen LogP contribution in [0, 0.1) is 0 Å². The van der Waals surface area contributed by atoms with Crippen LogP contribution in [0.1, 0.15) is 27.6 Å². The van der Waals surface area contributed by atoms with Gasteiger partial charge in [0.25, 0.3) is 5.91 Å². The van der Waals surface area contributed by atoms with Crippen LogP contribution in [-0.4, -0.2) is 31.1 Å². The molecular weight excluding hydrogens is 360 g/mol. The Bertz CT molecular complexity index is 838. The van der Waals surface area contributed by atoms with E-state index in [1.807, 2.05) is 0 Å². The summed E-state index contributed by atoms with van der Waals surface area (Å²) in [7, 11) is 0. The quantitative estimate of drug-likeness (QED) is 0.592. The second-order valence-corrected chi connectivity index (χ2v) is 5.56. The van der Waals surface area contributed by atoms with Gasteiger partial charge in [0.1, 0.15) is 0 Å². The van der Waals surface area contributed by atoms with Crippen LogP contribution >= 0.6 is 11.6 Å². The zero-order valence-electron chi connectivity index (χ0n) is 14.0. The van der Waals surface area contributed by atoms with Gasteiger partial charge in [-0.2, -0.15) is 0 Å². The molecule has 136 valence electrons. The summed E-state index contributed by atoms with van der Waals surface area (Å²) in [6, 6.07) is 10.7. The van der Waals surface area contributed by atoms with Crippen molar-refractivity contribution in [3.8, 4) is 0 Å². The Morgan fingerprint density at radius 1 is 1.04 bits per heavy atom. The van der Waals surface area contributed by atoms with Crippen LogP contribution < -0.4 is 11.1 Å². The molecule has 0 aliphatic carbocycles. The van der Waals surface area contributed by atoms with Gasteiger partial charge in [0.2, 0.25) is 0 Å². The van der Waals surface area contributed by atoms with Gasteiger partial charge in [-0.15, -0.1) is 0 Å². The normalized spacial score (nSPS) is 10.1. The Morgan fingerprint density at radius 2 is 1.73 bits per heavy atom. The number of rotatable bonds is 6. The summed E-state index contributed by atoms with van der Waals surface area (Å²) in [6.07, 6.45) is 0. The SMILES string of the molecule is CCOC(=O)c1ccccc1NC(=O)COC(=O)c1cc(Cl)ccc1N. The lowest BCUT2D eigenvalue weighted by Crippen LogP contribution is -2.22. The highest BCUT2D eigenvalue weighted by atomic mass is 35.5. The fourth-order valence-electron chi connectivity index (χ4n) is 2.08. The number of hydrogen-bond donors (Lipinski definition) is 2. The number of amides is 1. The maximum Gasteiger partial charge on any atom is 0.340 e. The molecule has 0 unspecified atom stereocenters. The van der Waals surface area contributed by atoms with E-state index >= 15 is 0 Å². The standard InChI is InChI=1S/C18H17ClN2O5/c1-2-25-17(23)12-5-3-4-6-15(12)21-16(22)10-26-18(24)13-9-11(19)7-8-14(13)20/h3-9H,2,10,20H2,1H3,(H,21,22). The number of para-hydroxylation sites is 1. The minimum Gasteiger partial charge on any atom is -0.462 e. The number of carbonyl (C=O) groups excluding carboxylic acids is 3. The topological polar surface area (TPSA) is 108 Å². The minimum absolute atomic E-state index is 0.0669. The molecule has 3 N–H and O–H groups in total. The van der Waals surface area contributed by atoms with Crippen molar-refractivity contribution in [1.29, 1.82) is 0 Å². The summed E-state index contributed by atoms with van der Waals surface area (Å²) in [5.41, 5.74) is 6.41. The number of nitrogens with two attached hydrogens (primary N) is 1. The van der Waals surface area contributed by atoms with Crippen LogP contribution in [-0.2, 0) is 14.3 Å². The van der Waals surface area contributed by atoms with Crippen LogP contribution in [0.3, 0.4) is 0 Å². The van der Waals surface area contributed by atoms with Crippen molar-refractivity contribution in [2.24, 2.45) is 0 Å². The second kappa shape index (κ2) is 8.87. The van der Waals surface area contributed by atoms with Crippen molar-refractivity contribution >= 4 is 40.8 Å². The van der Waals surface area contributed by atoms with E-state index in [2.05, 4.69) is 5.32 Å². The molecule has 8 heteroatoms. The van der Waals surface area contributed by atoms with E-state index in [9.17, 15) is 14.4 Å². The third-order valence-electron chi connectivity index (χ3n) is 3.27. The summed E-state index contributed by atoms with van der Waals surface area (Å²) in [6.45, 7) is 1.34.